The number of halogens is 1. The summed E-state index contributed by atoms with van der Waals surface area (Å²) in [6, 6.07) is 5.83. The normalized spacial score (nSPS) is 19.0. The monoisotopic (exact) mass is 292 g/mol. The SMILES string of the molecule is CC(C)CNCc1cc(F)ccc1N1CCCC1C(C)C. The number of rotatable bonds is 6. The number of hydrogen-bond acceptors (Lipinski definition) is 2. The first-order valence-corrected chi connectivity index (χ1v) is 8.24. The highest BCUT2D eigenvalue weighted by atomic mass is 19.1. The maximum Gasteiger partial charge on any atom is 0.123 e. The van der Waals surface area contributed by atoms with E-state index in [4.69, 9.17) is 0 Å². The van der Waals surface area contributed by atoms with Crippen LogP contribution in [-0.2, 0) is 6.54 Å². The smallest absolute Gasteiger partial charge is 0.123 e. The van der Waals surface area contributed by atoms with Gasteiger partial charge in [0.05, 0.1) is 0 Å². The molecule has 1 fully saturated rings. The third-order valence-electron chi connectivity index (χ3n) is 4.29. The van der Waals surface area contributed by atoms with E-state index in [2.05, 4.69) is 37.9 Å². The van der Waals surface area contributed by atoms with Crippen LogP contribution in [0.25, 0.3) is 0 Å². The molecule has 1 N–H and O–H groups in total. The maximum atomic E-state index is 13.6. The van der Waals surface area contributed by atoms with Crippen LogP contribution < -0.4 is 10.2 Å². The molecule has 1 atom stereocenters. The van der Waals surface area contributed by atoms with Crippen molar-refractivity contribution in [2.45, 2.75) is 53.1 Å². The second kappa shape index (κ2) is 7.26. The van der Waals surface area contributed by atoms with Crippen LogP contribution in [0.3, 0.4) is 0 Å². The Morgan fingerprint density at radius 1 is 1.29 bits per heavy atom. The second-order valence-corrected chi connectivity index (χ2v) is 6.94. The molecular weight excluding hydrogens is 263 g/mol. The average molecular weight is 292 g/mol. The molecule has 0 radical (unpaired) electrons. The van der Waals surface area contributed by atoms with E-state index in [0.29, 0.717) is 17.9 Å². The van der Waals surface area contributed by atoms with Gasteiger partial charge in [-0.05, 0) is 55.0 Å². The van der Waals surface area contributed by atoms with Crippen LogP contribution in [-0.4, -0.2) is 19.1 Å². The minimum atomic E-state index is -0.139. The van der Waals surface area contributed by atoms with Gasteiger partial charge in [0.1, 0.15) is 5.82 Å². The average Bonchev–Trinajstić information content (AvgIpc) is 2.87. The third-order valence-corrected chi connectivity index (χ3v) is 4.29. The lowest BCUT2D eigenvalue weighted by atomic mass is 10.0. The lowest BCUT2D eigenvalue weighted by Crippen LogP contribution is -2.34. The number of nitrogens with one attached hydrogen (secondary N) is 1. The zero-order chi connectivity index (χ0) is 15.4. The molecular formula is C18H29FN2. The molecule has 1 saturated heterocycles. The Morgan fingerprint density at radius 2 is 2.05 bits per heavy atom. The van der Waals surface area contributed by atoms with Gasteiger partial charge in [0.25, 0.3) is 0 Å². The summed E-state index contributed by atoms with van der Waals surface area (Å²) < 4.78 is 13.6. The maximum absolute atomic E-state index is 13.6. The van der Waals surface area contributed by atoms with Gasteiger partial charge in [-0.3, -0.25) is 0 Å². The topological polar surface area (TPSA) is 15.3 Å². The molecule has 1 aromatic rings. The second-order valence-electron chi connectivity index (χ2n) is 6.94. The van der Waals surface area contributed by atoms with Crippen LogP contribution in [0.15, 0.2) is 18.2 Å². The molecule has 21 heavy (non-hydrogen) atoms. The Bertz CT molecular complexity index is 457. The van der Waals surface area contributed by atoms with Crippen molar-refractivity contribution in [1.82, 2.24) is 5.32 Å². The van der Waals surface area contributed by atoms with Gasteiger partial charge in [-0.1, -0.05) is 27.7 Å². The Hall–Kier alpha value is -1.09. The molecule has 1 aromatic carbocycles. The molecule has 2 nitrogen and oxygen atoms in total. The van der Waals surface area contributed by atoms with Gasteiger partial charge in [-0.15, -0.1) is 0 Å². The highest BCUT2D eigenvalue weighted by Crippen LogP contribution is 2.32. The Morgan fingerprint density at radius 3 is 2.71 bits per heavy atom. The summed E-state index contributed by atoms with van der Waals surface area (Å²) in [5.74, 6) is 1.10. The van der Waals surface area contributed by atoms with E-state index in [1.54, 1.807) is 12.1 Å². The summed E-state index contributed by atoms with van der Waals surface area (Å²) >= 11 is 0. The molecule has 0 saturated carbocycles. The first-order valence-electron chi connectivity index (χ1n) is 8.24. The number of hydrogen-bond donors (Lipinski definition) is 1. The first kappa shape index (κ1) is 16.3. The highest BCUT2D eigenvalue weighted by molar-refractivity contribution is 5.55. The summed E-state index contributed by atoms with van der Waals surface area (Å²) in [5, 5.41) is 3.44. The summed E-state index contributed by atoms with van der Waals surface area (Å²) in [6.07, 6.45) is 2.48. The molecule has 1 aliphatic rings. The first-order chi connectivity index (χ1) is 9.99. The molecule has 0 aromatic heterocycles. The predicted octanol–water partition coefficient (Wildman–Crippen LogP) is 4.20. The van der Waals surface area contributed by atoms with Crippen molar-refractivity contribution in [3.05, 3.63) is 29.6 Å². The van der Waals surface area contributed by atoms with Gasteiger partial charge < -0.3 is 10.2 Å². The molecule has 118 valence electrons. The minimum Gasteiger partial charge on any atom is -0.368 e. The predicted molar refractivity (Wildman–Crippen MR) is 88.2 cm³/mol. The summed E-state index contributed by atoms with van der Waals surface area (Å²) in [5.41, 5.74) is 2.30. The summed E-state index contributed by atoms with van der Waals surface area (Å²) in [6.45, 7) is 11.7. The van der Waals surface area contributed by atoms with Crippen LogP contribution in [0.4, 0.5) is 10.1 Å². The molecule has 3 heteroatoms. The van der Waals surface area contributed by atoms with Crippen molar-refractivity contribution in [2.24, 2.45) is 11.8 Å². The van der Waals surface area contributed by atoms with Gasteiger partial charge in [0.2, 0.25) is 0 Å². The Labute approximate surface area is 128 Å². The van der Waals surface area contributed by atoms with Gasteiger partial charge in [-0.2, -0.15) is 0 Å². The van der Waals surface area contributed by atoms with E-state index in [9.17, 15) is 4.39 Å². The third kappa shape index (κ3) is 4.19. The van der Waals surface area contributed by atoms with Crippen molar-refractivity contribution in [3.8, 4) is 0 Å². The number of benzene rings is 1. The van der Waals surface area contributed by atoms with Crippen LogP contribution in [0.1, 0.15) is 46.1 Å². The fourth-order valence-electron chi connectivity index (χ4n) is 3.26. The summed E-state index contributed by atoms with van der Waals surface area (Å²) in [7, 11) is 0. The van der Waals surface area contributed by atoms with E-state index in [-0.39, 0.29) is 5.82 Å². The van der Waals surface area contributed by atoms with E-state index in [0.717, 1.165) is 25.2 Å². The molecule has 0 spiro atoms. The number of nitrogens with zero attached hydrogens (tertiary/aromatic N) is 1. The van der Waals surface area contributed by atoms with Crippen LogP contribution >= 0.6 is 0 Å². The lowest BCUT2D eigenvalue weighted by Gasteiger charge is -2.31. The fourth-order valence-corrected chi connectivity index (χ4v) is 3.26. The molecule has 0 amide bonds. The van der Waals surface area contributed by atoms with E-state index >= 15 is 0 Å². The Balaban J connectivity index is 2.18. The highest BCUT2D eigenvalue weighted by Gasteiger charge is 2.28. The largest absolute Gasteiger partial charge is 0.368 e. The molecule has 0 aliphatic carbocycles. The van der Waals surface area contributed by atoms with Crippen molar-refractivity contribution in [2.75, 3.05) is 18.0 Å². The van der Waals surface area contributed by atoms with Crippen molar-refractivity contribution in [1.29, 1.82) is 0 Å². The number of anilines is 1. The van der Waals surface area contributed by atoms with E-state index < -0.39 is 0 Å². The zero-order valence-electron chi connectivity index (χ0n) is 13.8. The fraction of sp³-hybridized carbons (Fsp3) is 0.667. The van der Waals surface area contributed by atoms with Gasteiger partial charge in [0.15, 0.2) is 0 Å². The molecule has 1 aliphatic heterocycles. The van der Waals surface area contributed by atoms with Gasteiger partial charge in [0, 0.05) is 24.8 Å². The van der Waals surface area contributed by atoms with E-state index in [1.807, 2.05) is 6.07 Å². The lowest BCUT2D eigenvalue weighted by molar-refractivity contribution is 0.489. The standard InChI is InChI=1S/C18H29FN2/c1-13(2)11-20-12-15-10-16(19)7-8-18(15)21-9-5-6-17(21)14(3)4/h7-8,10,13-14,17,20H,5-6,9,11-12H2,1-4H3. The molecule has 0 bridgehead atoms. The van der Waals surface area contributed by atoms with Crippen molar-refractivity contribution >= 4 is 5.69 Å². The van der Waals surface area contributed by atoms with Crippen LogP contribution in [0.5, 0.6) is 0 Å². The van der Waals surface area contributed by atoms with Gasteiger partial charge in [-0.25, -0.2) is 4.39 Å². The van der Waals surface area contributed by atoms with Crippen molar-refractivity contribution in [3.63, 3.8) is 0 Å². The quantitative estimate of drug-likeness (QED) is 0.845. The minimum absolute atomic E-state index is 0.139. The van der Waals surface area contributed by atoms with Crippen molar-refractivity contribution < 1.29 is 4.39 Å². The molecule has 2 rings (SSSR count). The van der Waals surface area contributed by atoms with Gasteiger partial charge >= 0.3 is 0 Å². The molecule has 1 unspecified atom stereocenters. The summed E-state index contributed by atoms with van der Waals surface area (Å²) in [4.78, 5) is 2.48. The van der Waals surface area contributed by atoms with Crippen LogP contribution in [0.2, 0.25) is 0 Å². The van der Waals surface area contributed by atoms with E-state index in [1.165, 1.54) is 18.5 Å². The Kier molecular flexibility index (Phi) is 5.63. The zero-order valence-corrected chi connectivity index (χ0v) is 13.8. The van der Waals surface area contributed by atoms with Crippen LogP contribution in [0, 0.1) is 17.7 Å². The molecule has 1 heterocycles.